The van der Waals surface area contributed by atoms with Crippen LogP contribution in [0.3, 0.4) is 0 Å². The van der Waals surface area contributed by atoms with Crippen LogP contribution in [0.1, 0.15) is 38.2 Å². The molecule has 1 fully saturated rings. The Balaban J connectivity index is 1.74. The third-order valence-electron chi connectivity index (χ3n) is 5.41. The van der Waals surface area contributed by atoms with E-state index in [0.717, 1.165) is 31.2 Å². The van der Waals surface area contributed by atoms with E-state index in [-0.39, 0.29) is 31.0 Å². The summed E-state index contributed by atoms with van der Waals surface area (Å²) in [6.07, 6.45) is 4.19. The van der Waals surface area contributed by atoms with Crippen molar-refractivity contribution in [1.82, 2.24) is 10.2 Å². The van der Waals surface area contributed by atoms with Gasteiger partial charge in [-0.1, -0.05) is 54.2 Å². The van der Waals surface area contributed by atoms with Crippen LogP contribution in [0.25, 0.3) is 0 Å². The highest BCUT2D eigenvalue weighted by Crippen LogP contribution is 2.28. The Morgan fingerprint density at radius 2 is 1.90 bits per heavy atom. The van der Waals surface area contributed by atoms with Crippen molar-refractivity contribution in [2.45, 2.75) is 51.2 Å². The van der Waals surface area contributed by atoms with Crippen LogP contribution >= 0.6 is 39.1 Å². The van der Waals surface area contributed by atoms with Crippen molar-refractivity contribution in [3.63, 3.8) is 0 Å². The molecule has 0 spiro atoms. The Morgan fingerprint density at radius 1 is 1.19 bits per heavy atom. The summed E-state index contributed by atoms with van der Waals surface area (Å²) < 4.78 is 6.35. The monoisotopic (exact) mass is 526 g/mol. The largest absolute Gasteiger partial charge is 0.483 e. The molecule has 2 amide bonds. The van der Waals surface area contributed by atoms with Gasteiger partial charge in [-0.05, 0) is 65.5 Å². The Labute approximate surface area is 201 Å². The molecule has 1 saturated carbocycles. The molecule has 8 heteroatoms. The van der Waals surface area contributed by atoms with Gasteiger partial charge in [0.1, 0.15) is 11.8 Å². The number of nitrogens with one attached hydrogen (secondary N) is 1. The lowest BCUT2D eigenvalue weighted by molar-refractivity contribution is -0.142. The molecular formula is C23H25BrCl2N2O3. The lowest BCUT2D eigenvalue weighted by Gasteiger charge is -2.30. The standard InChI is InChI=1S/C23H25BrCl2N2O3/c1-15(23(30)27-18-7-3-4-8-18)28(13-16-6-2-5-9-20(16)26)22(29)14-31-21-11-10-17(25)12-19(21)24/h2,5-6,9-12,15,18H,3-4,7-8,13-14H2,1H3,(H,27,30)/t15-/m1/s1. The molecule has 166 valence electrons. The third kappa shape index (κ3) is 6.61. The first kappa shape index (κ1) is 23.9. The van der Waals surface area contributed by atoms with E-state index in [1.54, 1.807) is 31.2 Å². The number of halogens is 3. The Morgan fingerprint density at radius 3 is 2.58 bits per heavy atom. The molecule has 0 aromatic heterocycles. The van der Waals surface area contributed by atoms with Gasteiger partial charge in [-0.2, -0.15) is 0 Å². The van der Waals surface area contributed by atoms with Gasteiger partial charge in [0.15, 0.2) is 6.61 Å². The van der Waals surface area contributed by atoms with Crippen LogP contribution in [0.4, 0.5) is 0 Å². The maximum Gasteiger partial charge on any atom is 0.261 e. The minimum atomic E-state index is -0.665. The highest BCUT2D eigenvalue weighted by Gasteiger charge is 2.29. The fourth-order valence-corrected chi connectivity index (χ4v) is 4.59. The van der Waals surface area contributed by atoms with Crippen molar-refractivity contribution in [2.75, 3.05) is 6.61 Å². The summed E-state index contributed by atoms with van der Waals surface area (Å²) in [5.41, 5.74) is 0.769. The number of hydrogen-bond acceptors (Lipinski definition) is 3. The van der Waals surface area contributed by atoms with E-state index < -0.39 is 6.04 Å². The van der Waals surface area contributed by atoms with Gasteiger partial charge in [0.25, 0.3) is 5.91 Å². The smallest absolute Gasteiger partial charge is 0.261 e. The van der Waals surface area contributed by atoms with E-state index in [4.69, 9.17) is 27.9 Å². The number of carbonyl (C=O) groups is 2. The number of carbonyl (C=O) groups excluding carboxylic acids is 2. The minimum absolute atomic E-state index is 0.167. The summed E-state index contributed by atoms with van der Waals surface area (Å²) in [7, 11) is 0. The Kier molecular flexibility index (Phi) is 8.64. The fourth-order valence-electron chi connectivity index (χ4n) is 3.60. The number of ether oxygens (including phenoxy) is 1. The summed E-state index contributed by atoms with van der Waals surface area (Å²) in [6.45, 7) is 1.73. The lowest BCUT2D eigenvalue weighted by Crippen LogP contribution is -2.50. The summed E-state index contributed by atoms with van der Waals surface area (Å²) >= 11 is 15.7. The maximum atomic E-state index is 13.1. The summed E-state index contributed by atoms with van der Waals surface area (Å²) in [5.74, 6) is 0.0225. The molecular weight excluding hydrogens is 503 g/mol. The second-order valence-electron chi connectivity index (χ2n) is 7.64. The second-order valence-corrected chi connectivity index (χ2v) is 9.34. The molecule has 2 aromatic rings. The molecule has 0 heterocycles. The van der Waals surface area contributed by atoms with Crippen LogP contribution in [-0.2, 0) is 16.1 Å². The predicted octanol–water partition coefficient (Wildman–Crippen LogP) is 5.61. The molecule has 2 aromatic carbocycles. The van der Waals surface area contributed by atoms with Gasteiger partial charge in [0.05, 0.1) is 4.47 Å². The first-order valence-corrected chi connectivity index (χ1v) is 11.8. The van der Waals surface area contributed by atoms with E-state index in [0.29, 0.717) is 20.3 Å². The van der Waals surface area contributed by atoms with E-state index in [2.05, 4.69) is 21.2 Å². The topological polar surface area (TPSA) is 58.6 Å². The number of hydrogen-bond donors (Lipinski definition) is 1. The number of nitrogens with zero attached hydrogens (tertiary/aromatic N) is 1. The average Bonchev–Trinajstić information content (AvgIpc) is 3.25. The predicted molar refractivity (Wildman–Crippen MR) is 127 cm³/mol. The zero-order valence-corrected chi connectivity index (χ0v) is 20.3. The minimum Gasteiger partial charge on any atom is -0.483 e. The van der Waals surface area contributed by atoms with Crippen molar-refractivity contribution in [3.8, 4) is 5.75 Å². The Hall–Kier alpha value is -1.76. The summed E-state index contributed by atoms with van der Waals surface area (Å²) in [6, 6.07) is 11.9. The molecule has 1 atom stereocenters. The van der Waals surface area contributed by atoms with Crippen molar-refractivity contribution >= 4 is 50.9 Å². The Bertz CT molecular complexity index is 935. The SMILES string of the molecule is C[C@H](C(=O)NC1CCCC1)N(Cc1ccccc1Cl)C(=O)COc1ccc(Cl)cc1Br. The van der Waals surface area contributed by atoms with Crippen LogP contribution in [0.5, 0.6) is 5.75 Å². The van der Waals surface area contributed by atoms with Crippen LogP contribution in [-0.4, -0.2) is 35.4 Å². The quantitative estimate of drug-likeness (QED) is 0.485. The van der Waals surface area contributed by atoms with Crippen LogP contribution in [0.15, 0.2) is 46.9 Å². The average molecular weight is 528 g/mol. The number of benzene rings is 2. The van der Waals surface area contributed by atoms with Crippen molar-refractivity contribution in [3.05, 3.63) is 62.5 Å². The molecule has 0 unspecified atom stereocenters. The summed E-state index contributed by atoms with van der Waals surface area (Å²) in [4.78, 5) is 27.5. The van der Waals surface area contributed by atoms with Gasteiger partial charge >= 0.3 is 0 Å². The van der Waals surface area contributed by atoms with E-state index in [1.165, 1.54) is 4.90 Å². The van der Waals surface area contributed by atoms with Crippen molar-refractivity contribution < 1.29 is 14.3 Å². The van der Waals surface area contributed by atoms with Gasteiger partial charge in [0.2, 0.25) is 5.91 Å². The number of rotatable bonds is 8. The van der Waals surface area contributed by atoms with Crippen LogP contribution in [0.2, 0.25) is 10.0 Å². The normalized spacial score (nSPS) is 14.8. The molecule has 0 saturated heterocycles. The van der Waals surface area contributed by atoms with Crippen LogP contribution < -0.4 is 10.1 Å². The summed E-state index contributed by atoms with van der Waals surface area (Å²) in [5, 5.41) is 4.18. The lowest BCUT2D eigenvalue weighted by atomic mass is 10.1. The molecule has 5 nitrogen and oxygen atoms in total. The maximum absolute atomic E-state index is 13.1. The van der Waals surface area contributed by atoms with Gasteiger partial charge in [-0.15, -0.1) is 0 Å². The molecule has 1 aliphatic carbocycles. The molecule has 31 heavy (non-hydrogen) atoms. The van der Waals surface area contributed by atoms with E-state index in [9.17, 15) is 9.59 Å². The molecule has 1 N–H and O–H groups in total. The van der Waals surface area contributed by atoms with Crippen molar-refractivity contribution in [2.24, 2.45) is 0 Å². The van der Waals surface area contributed by atoms with Gasteiger partial charge in [-0.25, -0.2) is 0 Å². The fraction of sp³-hybridized carbons (Fsp3) is 0.391. The van der Waals surface area contributed by atoms with E-state index >= 15 is 0 Å². The third-order valence-corrected chi connectivity index (χ3v) is 6.64. The molecule has 0 bridgehead atoms. The highest BCUT2D eigenvalue weighted by atomic mass is 79.9. The zero-order chi connectivity index (χ0) is 22.4. The molecule has 1 aliphatic rings. The highest BCUT2D eigenvalue weighted by molar-refractivity contribution is 9.10. The molecule has 0 radical (unpaired) electrons. The van der Waals surface area contributed by atoms with Crippen molar-refractivity contribution in [1.29, 1.82) is 0 Å². The van der Waals surface area contributed by atoms with Gasteiger partial charge in [-0.3, -0.25) is 9.59 Å². The van der Waals surface area contributed by atoms with Gasteiger partial charge in [0, 0.05) is 22.6 Å². The first-order valence-electron chi connectivity index (χ1n) is 10.3. The van der Waals surface area contributed by atoms with Gasteiger partial charge < -0.3 is 15.0 Å². The first-order chi connectivity index (χ1) is 14.8. The van der Waals surface area contributed by atoms with Crippen LogP contribution in [0, 0.1) is 0 Å². The van der Waals surface area contributed by atoms with E-state index in [1.807, 2.05) is 18.2 Å². The second kappa shape index (κ2) is 11.2. The zero-order valence-electron chi connectivity index (χ0n) is 17.2. The molecule has 3 rings (SSSR count). The number of amides is 2. The molecule has 0 aliphatic heterocycles.